The first kappa shape index (κ1) is 22.5. The molecule has 32 heavy (non-hydrogen) atoms. The molecule has 1 aliphatic carbocycles. The number of ether oxygens (including phenoxy) is 1. The van der Waals surface area contributed by atoms with Crippen molar-refractivity contribution >= 4 is 18.0 Å². The van der Waals surface area contributed by atoms with Crippen molar-refractivity contribution in [3.8, 4) is 11.1 Å². The maximum Gasteiger partial charge on any atom is 0.407 e. The van der Waals surface area contributed by atoms with Gasteiger partial charge >= 0.3 is 12.1 Å². The van der Waals surface area contributed by atoms with Gasteiger partial charge in [-0.2, -0.15) is 0 Å². The highest BCUT2D eigenvalue weighted by Gasteiger charge is 2.29. The maximum atomic E-state index is 12.3. The zero-order valence-corrected chi connectivity index (χ0v) is 17.1. The van der Waals surface area contributed by atoms with E-state index in [0.717, 1.165) is 22.3 Å². The molecule has 1 aliphatic rings. The summed E-state index contributed by atoms with van der Waals surface area (Å²) in [5.74, 6) is -1.73. The monoisotopic (exact) mass is 441 g/mol. The van der Waals surface area contributed by atoms with Gasteiger partial charge in [0.1, 0.15) is 17.8 Å². The van der Waals surface area contributed by atoms with Gasteiger partial charge in [-0.3, -0.25) is 0 Å². The number of rotatable bonds is 9. The van der Waals surface area contributed by atoms with Gasteiger partial charge < -0.3 is 26.2 Å². The predicted octanol–water partition coefficient (Wildman–Crippen LogP) is 1.85. The molecule has 2 aromatic rings. The summed E-state index contributed by atoms with van der Waals surface area (Å²) >= 11 is 0. The fraction of sp³-hybridized carbons (Fsp3) is 0.286. The van der Waals surface area contributed by atoms with Crippen molar-refractivity contribution in [3.05, 3.63) is 69.8 Å². The predicted molar refractivity (Wildman–Crippen MR) is 115 cm³/mol. The van der Waals surface area contributed by atoms with Gasteiger partial charge in [-0.1, -0.05) is 48.5 Å². The van der Waals surface area contributed by atoms with Crippen molar-refractivity contribution in [1.82, 2.24) is 10.6 Å². The SMILES string of the molecule is NC(=N[N+](=O)[O-])NCCC[C@@H](NC(=O)OCC1c2ccccc2-c2ccccc21)C(=O)O. The van der Waals surface area contributed by atoms with Crippen LogP contribution >= 0.6 is 0 Å². The van der Waals surface area contributed by atoms with Crippen molar-refractivity contribution in [2.75, 3.05) is 13.2 Å². The number of hydrogen-bond donors (Lipinski definition) is 4. The third-order valence-corrected chi connectivity index (χ3v) is 5.10. The summed E-state index contributed by atoms with van der Waals surface area (Å²) in [6, 6.07) is 14.6. The number of hydrazone groups is 1. The number of nitrogens with two attached hydrogens (primary N) is 1. The molecule has 0 aromatic heterocycles. The molecule has 0 radical (unpaired) electrons. The van der Waals surface area contributed by atoms with Crippen molar-refractivity contribution in [2.45, 2.75) is 24.8 Å². The Labute approximate surface area is 183 Å². The zero-order chi connectivity index (χ0) is 23.1. The largest absolute Gasteiger partial charge is 0.480 e. The second-order valence-corrected chi connectivity index (χ2v) is 7.15. The average Bonchev–Trinajstić information content (AvgIpc) is 3.07. The van der Waals surface area contributed by atoms with Gasteiger partial charge in [-0.25, -0.2) is 19.7 Å². The number of nitrogens with zero attached hydrogens (tertiary/aromatic N) is 2. The third-order valence-electron chi connectivity index (χ3n) is 5.10. The third kappa shape index (κ3) is 5.50. The Morgan fingerprint density at radius 2 is 1.75 bits per heavy atom. The summed E-state index contributed by atoms with van der Waals surface area (Å²) in [6.07, 6.45) is -0.492. The van der Waals surface area contributed by atoms with E-state index in [9.17, 15) is 24.8 Å². The first-order valence-corrected chi connectivity index (χ1v) is 9.93. The average molecular weight is 441 g/mol. The summed E-state index contributed by atoms with van der Waals surface area (Å²) in [5, 5.41) is 26.3. The summed E-state index contributed by atoms with van der Waals surface area (Å²) in [5.41, 5.74) is 9.58. The van der Waals surface area contributed by atoms with E-state index in [1.54, 1.807) is 0 Å². The fourth-order valence-electron chi connectivity index (χ4n) is 3.69. The summed E-state index contributed by atoms with van der Waals surface area (Å²) in [7, 11) is 0. The lowest BCUT2D eigenvalue weighted by Crippen LogP contribution is -2.42. The number of carboxylic acids is 1. The molecule has 1 amide bonds. The van der Waals surface area contributed by atoms with Crippen LogP contribution in [0.3, 0.4) is 0 Å². The van der Waals surface area contributed by atoms with Crippen LogP contribution in [0.4, 0.5) is 4.79 Å². The molecule has 3 rings (SSSR count). The molecule has 11 heteroatoms. The van der Waals surface area contributed by atoms with Crippen LogP contribution in [-0.2, 0) is 9.53 Å². The second kappa shape index (κ2) is 10.2. The van der Waals surface area contributed by atoms with E-state index >= 15 is 0 Å². The first-order chi connectivity index (χ1) is 15.4. The van der Waals surface area contributed by atoms with Gasteiger partial charge in [0.05, 0.1) is 0 Å². The van der Waals surface area contributed by atoms with Gasteiger partial charge in [0, 0.05) is 12.5 Å². The number of aliphatic carboxylic acids is 1. The molecule has 0 heterocycles. The molecule has 11 nitrogen and oxygen atoms in total. The summed E-state index contributed by atoms with van der Waals surface area (Å²) < 4.78 is 5.37. The molecule has 168 valence electrons. The minimum Gasteiger partial charge on any atom is -0.480 e. The summed E-state index contributed by atoms with van der Waals surface area (Å²) in [4.78, 5) is 34.0. The number of alkyl carbamates (subject to hydrolysis) is 1. The highest BCUT2D eigenvalue weighted by Crippen LogP contribution is 2.44. The minimum atomic E-state index is -1.22. The van der Waals surface area contributed by atoms with Gasteiger partial charge in [0.15, 0.2) is 5.03 Å². The Kier molecular flexibility index (Phi) is 7.21. The van der Waals surface area contributed by atoms with Crippen LogP contribution in [0.15, 0.2) is 53.6 Å². The topological polar surface area (TPSA) is 169 Å². The Hall–Kier alpha value is -4.15. The summed E-state index contributed by atoms with van der Waals surface area (Å²) in [6.45, 7) is 0.223. The number of amides is 1. The van der Waals surface area contributed by atoms with Gasteiger partial charge in [0.2, 0.25) is 0 Å². The number of guanidine groups is 1. The van der Waals surface area contributed by atoms with E-state index in [4.69, 9.17) is 10.5 Å². The highest BCUT2D eigenvalue weighted by molar-refractivity contribution is 5.81. The number of nitrogens with one attached hydrogen (secondary N) is 2. The molecule has 0 fully saturated rings. The maximum absolute atomic E-state index is 12.3. The molecule has 5 N–H and O–H groups in total. The van der Waals surface area contributed by atoms with Crippen LogP contribution in [0.25, 0.3) is 11.1 Å². The molecule has 0 bridgehead atoms. The number of hydrogen-bond acceptors (Lipinski definition) is 5. The van der Waals surface area contributed by atoms with Crippen LogP contribution in [0, 0.1) is 10.1 Å². The molecule has 0 saturated carbocycles. The molecule has 0 spiro atoms. The Balaban J connectivity index is 1.53. The molecule has 0 saturated heterocycles. The number of fused-ring (bicyclic) bond motifs is 3. The lowest BCUT2D eigenvalue weighted by atomic mass is 9.98. The van der Waals surface area contributed by atoms with E-state index in [0.29, 0.717) is 0 Å². The fourth-order valence-corrected chi connectivity index (χ4v) is 3.69. The number of benzene rings is 2. The Morgan fingerprint density at radius 3 is 2.31 bits per heavy atom. The Bertz CT molecular complexity index is 995. The van der Waals surface area contributed by atoms with Crippen molar-refractivity contribution in [3.63, 3.8) is 0 Å². The lowest BCUT2D eigenvalue weighted by molar-refractivity contribution is -0.485. The van der Waals surface area contributed by atoms with Crippen LogP contribution in [-0.4, -0.2) is 47.4 Å². The lowest BCUT2D eigenvalue weighted by Gasteiger charge is -2.17. The standard InChI is InChI=1S/C21H23N5O6/c22-20(25-26(30)31)23-11-5-10-18(19(27)28)24-21(29)32-12-17-15-8-3-1-6-13(15)14-7-2-4-9-16(14)17/h1-4,6-9,17-18H,5,10-12H2,(H,24,29)(H,27,28)(H3,22,23,25)/t18-/m1/s1. The number of carbonyl (C=O) groups excluding carboxylic acids is 1. The highest BCUT2D eigenvalue weighted by atomic mass is 16.7. The van der Waals surface area contributed by atoms with Crippen molar-refractivity contribution < 1.29 is 24.5 Å². The molecule has 0 aliphatic heterocycles. The van der Waals surface area contributed by atoms with Crippen LogP contribution in [0.1, 0.15) is 29.9 Å². The Morgan fingerprint density at radius 1 is 1.16 bits per heavy atom. The normalized spacial score (nSPS) is 13.6. The van der Waals surface area contributed by atoms with E-state index in [2.05, 4.69) is 15.7 Å². The number of nitro groups is 1. The molecule has 1 atom stereocenters. The van der Waals surface area contributed by atoms with Crippen molar-refractivity contribution in [1.29, 1.82) is 0 Å². The molecular weight excluding hydrogens is 418 g/mol. The zero-order valence-electron chi connectivity index (χ0n) is 17.1. The van der Waals surface area contributed by atoms with Gasteiger partial charge in [-0.05, 0) is 35.1 Å². The van der Waals surface area contributed by atoms with Crippen LogP contribution in [0.2, 0.25) is 0 Å². The molecular formula is C21H23N5O6. The molecule has 0 unspecified atom stereocenters. The van der Waals surface area contributed by atoms with Gasteiger partial charge in [0.25, 0.3) is 5.96 Å². The smallest absolute Gasteiger partial charge is 0.407 e. The quantitative estimate of drug-likeness (QED) is 0.150. The second-order valence-electron chi connectivity index (χ2n) is 7.15. The molecule has 2 aromatic carbocycles. The van der Waals surface area contributed by atoms with E-state index < -0.39 is 23.1 Å². The van der Waals surface area contributed by atoms with Gasteiger partial charge in [-0.15, -0.1) is 0 Å². The van der Waals surface area contributed by atoms with Crippen LogP contribution in [0.5, 0.6) is 0 Å². The van der Waals surface area contributed by atoms with E-state index in [1.807, 2.05) is 48.5 Å². The minimum absolute atomic E-state index is 0.0677. The van der Waals surface area contributed by atoms with Crippen molar-refractivity contribution in [2.24, 2.45) is 10.8 Å². The first-order valence-electron chi connectivity index (χ1n) is 9.93. The number of carboxylic acid groups (broad SMARTS) is 1. The van der Waals surface area contributed by atoms with E-state index in [-0.39, 0.29) is 37.9 Å². The van der Waals surface area contributed by atoms with E-state index in [1.165, 1.54) is 0 Å². The van der Waals surface area contributed by atoms with Crippen LogP contribution < -0.4 is 16.4 Å². The number of carbonyl (C=O) groups is 2.